The highest BCUT2D eigenvalue weighted by Gasteiger charge is 2.29. The number of benzene rings is 2. The molecule has 1 aliphatic heterocycles. The second kappa shape index (κ2) is 8.31. The van der Waals surface area contributed by atoms with Gasteiger partial charge < -0.3 is 25.2 Å². The van der Waals surface area contributed by atoms with E-state index in [1.54, 1.807) is 4.90 Å². The van der Waals surface area contributed by atoms with E-state index in [4.69, 9.17) is 4.74 Å². The molecule has 1 amide bonds. The van der Waals surface area contributed by atoms with E-state index in [0.29, 0.717) is 12.1 Å². The molecule has 0 spiro atoms. The summed E-state index contributed by atoms with van der Waals surface area (Å²) in [6.45, 7) is 5.15. The Bertz CT molecular complexity index is 792. The van der Waals surface area contributed by atoms with Crippen LogP contribution < -0.4 is 5.32 Å². The number of aromatic hydroxyl groups is 2. The van der Waals surface area contributed by atoms with E-state index in [9.17, 15) is 15.0 Å². The fourth-order valence-corrected chi connectivity index (χ4v) is 3.38. The third-order valence-electron chi connectivity index (χ3n) is 4.86. The van der Waals surface area contributed by atoms with E-state index in [1.807, 2.05) is 50.2 Å². The first-order valence-corrected chi connectivity index (χ1v) is 9.21. The maximum Gasteiger partial charge on any atom is 0.410 e. The standard InChI is InChI=1S/C21H26N2O4/c1-14(2)23(21(26)27-13-15-6-4-3-5-7-15)12-17-19-16(10-11-22-17)8-9-18(24)20(19)25/h3-9,14,17,22,24-25H,10-13H2,1-2H3. The number of hydrogen-bond donors (Lipinski definition) is 3. The van der Waals surface area contributed by atoms with Gasteiger partial charge in [0.1, 0.15) is 6.61 Å². The van der Waals surface area contributed by atoms with Crippen molar-refractivity contribution in [1.29, 1.82) is 0 Å². The Morgan fingerprint density at radius 3 is 2.67 bits per heavy atom. The summed E-state index contributed by atoms with van der Waals surface area (Å²) in [5, 5.41) is 23.5. The molecule has 0 radical (unpaired) electrons. The molecule has 2 aromatic rings. The maximum atomic E-state index is 12.7. The number of ether oxygens (including phenoxy) is 1. The van der Waals surface area contributed by atoms with Crippen molar-refractivity contribution in [2.45, 2.75) is 39.0 Å². The van der Waals surface area contributed by atoms with Crippen LogP contribution in [0.25, 0.3) is 0 Å². The lowest BCUT2D eigenvalue weighted by Crippen LogP contribution is -2.45. The lowest BCUT2D eigenvalue weighted by Gasteiger charge is -2.34. The molecule has 6 nitrogen and oxygen atoms in total. The smallest absolute Gasteiger partial charge is 0.410 e. The summed E-state index contributed by atoms with van der Waals surface area (Å²) in [5.41, 5.74) is 2.57. The number of carbonyl (C=O) groups excluding carboxylic acids is 1. The van der Waals surface area contributed by atoms with Crippen LogP contribution in [0, 0.1) is 0 Å². The molecule has 1 heterocycles. The largest absolute Gasteiger partial charge is 0.504 e. The van der Waals surface area contributed by atoms with Crippen molar-refractivity contribution in [3.05, 3.63) is 59.2 Å². The van der Waals surface area contributed by atoms with Crippen molar-refractivity contribution in [3.63, 3.8) is 0 Å². The molecule has 27 heavy (non-hydrogen) atoms. The Labute approximate surface area is 159 Å². The van der Waals surface area contributed by atoms with Crippen molar-refractivity contribution in [2.75, 3.05) is 13.1 Å². The highest BCUT2D eigenvalue weighted by atomic mass is 16.6. The molecule has 3 N–H and O–H groups in total. The summed E-state index contributed by atoms with van der Waals surface area (Å²) in [4.78, 5) is 14.3. The Balaban J connectivity index is 1.74. The minimum atomic E-state index is -0.401. The third-order valence-corrected chi connectivity index (χ3v) is 4.86. The molecule has 1 atom stereocenters. The highest BCUT2D eigenvalue weighted by molar-refractivity contribution is 5.68. The number of fused-ring (bicyclic) bond motifs is 1. The van der Waals surface area contributed by atoms with Gasteiger partial charge in [-0.1, -0.05) is 36.4 Å². The van der Waals surface area contributed by atoms with Crippen molar-refractivity contribution in [1.82, 2.24) is 10.2 Å². The number of carbonyl (C=O) groups is 1. The zero-order chi connectivity index (χ0) is 19.4. The van der Waals surface area contributed by atoms with Gasteiger partial charge >= 0.3 is 6.09 Å². The summed E-state index contributed by atoms with van der Waals surface area (Å²) >= 11 is 0. The van der Waals surface area contributed by atoms with Crippen LogP contribution in [0.5, 0.6) is 11.5 Å². The molecule has 0 fully saturated rings. The van der Waals surface area contributed by atoms with E-state index in [1.165, 1.54) is 6.07 Å². The molecule has 0 aromatic heterocycles. The van der Waals surface area contributed by atoms with Crippen LogP contribution >= 0.6 is 0 Å². The second-order valence-corrected chi connectivity index (χ2v) is 7.05. The van der Waals surface area contributed by atoms with E-state index in [-0.39, 0.29) is 30.2 Å². The number of hydrogen-bond acceptors (Lipinski definition) is 5. The Morgan fingerprint density at radius 2 is 1.96 bits per heavy atom. The van der Waals surface area contributed by atoms with Gasteiger partial charge in [0.05, 0.1) is 6.04 Å². The second-order valence-electron chi connectivity index (χ2n) is 7.05. The molecule has 2 aromatic carbocycles. The fraction of sp³-hybridized carbons (Fsp3) is 0.381. The van der Waals surface area contributed by atoms with Crippen LogP contribution in [0.1, 0.15) is 36.6 Å². The molecular weight excluding hydrogens is 344 g/mol. The minimum Gasteiger partial charge on any atom is -0.504 e. The number of phenols is 2. The van der Waals surface area contributed by atoms with Crippen molar-refractivity contribution in [3.8, 4) is 11.5 Å². The van der Waals surface area contributed by atoms with Gasteiger partial charge in [0, 0.05) is 18.2 Å². The molecule has 0 saturated carbocycles. The van der Waals surface area contributed by atoms with Gasteiger partial charge in [-0.15, -0.1) is 0 Å². The van der Waals surface area contributed by atoms with E-state index >= 15 is 0 Å². The molecule has 0 aliphatic carbocycles. The van der Waals surface area contributed by atoms with Crippen LogP contribution in [-0.4, -0.2) is 40.3 Å². The van der Waals surface area contributed by atoms with E-state index < -0.39 is 6.09 Å². The Kier molecular flexibility index (Phi) is 5.86. The van der Waals surface area contributed by atoms with Gasteiger partial charge in [-0.2, -0.15) is 0 Å². The van der Waals surface area contributed by atoms with Gasteiger partial charge in [-0.3, -0.25) is 0 Å². The SMILES string of the molecule is CC(C)N(CC1NCCc2ccc(O)c(O)c21)C(=O)OCc1ccccc1. The van der Waals surface area contributed by atoms with Gasteiger partial charge in [0.25, 0.3) is 0 Å². The van der Waals surface area contributed by atoms with Gasteiger partial charge in [-0.25, -0.2) is 4.79 Å². The number of rotatable bonds is 5. The van der Waals surface area contributed by atoms with E-state index in [2.05, 4.69) is 5.32 Å². The summed E-state index contributed by atoms with van der Waals surface area (Å²) < 4.78 is 5.48. The molecule has 1 aliphatic rings. The predicted molar refractivity (Wildman–Crippen MR) is 103 cm³/mol. The van der Waals surface area contributed by atoms with Crippen LogP contribution in [0.15, 0.2) is 42.5 Å². The predicted octanol–water partition coefficient (Wildman–Crippen LogP) is 3.33. The summed E-state index contributed by atoms with van der Waals surface area (Å²) in [6, 6.07) is 12.5. The molecule has 3 rings (SSSR count). The molecule has 6 heteroatoms. The normalized spacial score (nSPS) is 16.0. The maximum absolute atomic E-state index is 12.7. The van der Waals surface area contributed by atoms with Crippen LogP contribution in [-0.2, 0) is 17.8 Å². The summed E-state index contributed by atoms with van der Waals surface area (Å²) in [5.74, 6) is -0.267. The zero-order valence-corrected chi connectivity index (χ0v) is 15.7. The van der Waals surface area contributed by atoms with Crippen LogP contribution in [0.3, 0.4) is 0 Å². The zero-order valence-electron chi connectivity index (χ0n) is 15.7. The molecular formula is C21H26N2O4. The molecule has 1 unspecified atom stereocenters. The summed E-state index contributed by atoms with van der Waals surface area (Å²) in [7, 11) is 0. The molecule has 144 valence electrons. The number of amides is 1. The number of nitrogens with one attached hydrogen (secondary N) is 1. The van der Waals surface area contributed by atoms with Crippen LogP contribution in [0.4, 0.5) is 4.79 Å². The van der Waals surface area contributed by atoms with Crippen molar-refractivity contribution in [2.24, 2.45) is 0 Å². The van der Waals surface area contributed by atoms with E-state index in [0.717, 1.165) is 24.1 Å². The van der Waals surface area contributed by atoms with Crippen molar-refractivity contribution >= 4 is 6.09 Å². The lowest BCUT2D eigenvalue weighted by atomic mass is 9.92. The van der Waals surface area contributed by atoms with Gasteiger partial charge in [0.15, 0.2) is 11.5 Å². The minimum absolute atomic E-state index is 0.0695. The lowest BCUT2D eigenvalue weighted by molar-refractivity contribution is 0.0810. The highest BCUT2D eigenvalue weighted by Crippen LogP contribution is 2.38. The average molecular weight is 370 g/mol. The quantitative estimate of drug-likeness (QED) is 0.704. The average Bonchev–Trinajstić information content (AvgIpc) is 2.67. The van der Waals surface area contributed by atoms with Crippen LogP contribution in [0.2, 0.25) is 0 Å². The Hall–Kier alpha value is -2.73. The van der Waals surface area contributed by atoms with Gasteiger partial charge in [-0.05, 0) is 44.0 Å². The third kappa shape index (κ3) is 4.34. The summed E-state index contributed by atoms with van der Waals surface area (Å²) in [6.07, 6.45) is 0.363. The molecule has 0 bridgehead atoms. The first-order chi connectivity index (χ1) is 13.0. The van der Waals surface area contributed by atoms with Gasteiger partial charge in [0.2, 0.25) is 0 Å². The first-order valence-electron chi connectivity index (χ1n) is 9.21. The first kappa shape index (κ1) is 19.0. The molecule has 0 saturated heterocycles. The fourth-order valence-electron chi connectivity index (χ4n) is 3.38. The Morgan fingerprint density at radius 1 is 1.22 bits per heavy atom. The topological polar surface area (TPSA) is 82.0 Å². The van der Waals surface area contributed by atoms with Crippen molar-refractivity contribution < 1.29 is 19.7 Å². The monoisotopic (exact) mass is 370 g/mol. The number of nitrogens with zero attached hydrogens (tertiary/aromatic N) is 1. The number of phenolic OH excluding ortho intramolecular Hbond substituents is 2.